The second-order valence-corrected chi connectivity index (χ2v) is 3.73. The van der Waals surface area contributed by atoms with Crippen LogP contribution in [0.1, 0.15) is 39.0 Å². The molecule has 3 heteroatoms. The van der Waals surface area contributed by atoms with E-state index >= 15 is 0 Å². The second-order valence-electron chi connectivity index (χ2n) is 3.73. The fraction of sp³-hybridized carbons (Fsp3) is 0.727. The molecule has 0 aliphatic carbocycles. The number of unbranched alkanes of at least 4 members (excludes halogenated alkanes) is 4. The molecule has 1 heterocycles. The smallest absolute Gasteiger partial charge is 0.243 e. The van der Waals surface area contributed by atoms with Crippen molar-refractivity contribution in [2.24, 2.45) is 7.05 Å². The van der Waals surface area contributed by atoms with Crippen molar-refractivity contribution in [3.8, 4) is 0 Å². The second kappa shape index (κ2) is 7.86. The Kier molecular flexibility index (Phi) is 7.58. The zero-order valence-electron chi connectivity index (χ0n) is 9.25. The van der Waals surface area contributed by atoms with Gasteiger partial charge in [0.1, 0.15) is 12.4 Å². The van der Waals surface area contributed by atoms with Crippen LogP contribution in [0.3, 0.4) is 0 Å². The van der Waals surface area contributed by atoms with E-state index < -0.39 is 0 Å². The average molecular weight is 217 g/mol. The molecule has 0 unspecified atom stereocenters. The summed E-state index contributed by atoms with van der Waals surface area (Å²) >= 11 is 0. The zero-order valence-corrected chi connectivity index (χ0v) is 10.0. The van der Waals surface area contributed by atoms with Gasteiger partial charge in [-0.2, -0.15) is 0 Å². The lowest BCUT2D eigenvalue weighted by atomic mass is 10.1. The van der Waals surface area contributed by atoms with Crippen LogP contribution in [0.2, 0.25) is 0 Å². The molecular weight excluding hydrogens is 196 g/mol. The quantitative estimate of drug-likeness (QED) is 0.439. The molecule has 0 aliphatic heterocycles. The van der Waals surface area contributed by atoms with Gasteiger partial charge >= 0.3 is 0 Å². The summed E-state index contributed by atoms with van der Waals surface area (Å²) in [7, 11) is 2.06. The summed E-state index contributed by atoms with van der Waals surface area (Å²) in [6.45, 7) is 3.43. The van der Waals surface area contributed by atoms with E-state index in [1.54, 1.807) is 0 Å². The number of hydrogen-bond acceptors (Lipinski definition) is 0. The first-order chi connectivity index (χ1) is 6.33. The van der Waals surface area contributed by atoms with Crippen molar-refractivity contribution in [3.05, 3.63) is 18.7 Å². The number of aromatic nitrogens is 2. The normalized spacial score (nSPS) is 9.86. The molecule has 1 aromatic heterocycles. The first-order valence-corrected chi connectivity index (χ1v) is 5.34. The molecule has 0 N–H and O–H groups in total. The Morgan fingerprint density at radius 3 is 2.43 bits per heavy atom. The van der Waals surface area contributed by atoms with Crippen LogP contribution < -0.4 is 17.0 Å². The number of nitrogens with zero attached hydrogens (tertiary/aromatic N) is 2. The lowest BCUT2D eigenvalue weighted by Crippen LogP contribution is -3.00. The van der Waals surface area contributed by atoms with Gasteiger partial charge in [0, 0.05) is 0 Å². The summed E-state index contributed by atoms with van der Waals surface area (Å²) in [4.78, 5) is 0. The van der Waals surface area contributed by atoms with Crippen molar-refractivity contribution in [1.29, 1.82) is 0 Å². The Bertz CT molecular complexity index is 233. The van der Waals surface area contributed by atoms with Crippen LogP contribution in [0, 0.1) is 0 Å². The van der Waals surface area contributed by atoms with Crippen LogP contribution in [0.15, 0.2) is 18.7 Å². The number of hydrogen-bond donors (Lipinski definition) is 0. The maximum Gasteiger partial charge on any atom is 0.243 e. The molecular formula is C11H21ClN2. The first-order valence-electron chi connectivity index (χ1n) is 5.34. The molecule has 0 saturated carbocycles. The fourth-order valence-corrected chi connectivity index (χ4v) is 1.53. The van der Waals surface area contributed by atoms with Gasteiger partial charge in [-0.1, -0.05) is 26.2 Å². The molecule has 0 aromatic carbocycles. The third kappa shape index (κ3) is 5.28. The maximum atomic E-state index is 2.26. The summed E-state index contributed by atoms with van der Waals surface area (Å²) in [5.74, 6) is 0. The summed E-state index contributed by atoms with van der Waals surface area (Å²) < 4.78 is 4.35. The molecule has 0 spiro atoms. The minimum absolute atomic E-state index is 0. The van der Waals surface area contributed by atoms with E-state index in [0.29, 0.717) is 0 Å². The van der Waals surface area contributed by atoms with E-state index in [1.165, 1.54) is 38.6 Å². The minimum Gasteiger partial charge on any atom is -1.00 e. The van der Waals surface area contributed by atoms with Crippen LogP contribution in [-0.2, 0) is 13.6 Å². The van der Waals surface area contributed by atoms with Crippen molar-refractivity contribution < 1.29 is 17.0 Å². The van der Waals surface area contributed by atoms with Crippen molar-refractivity contribution in [2.45, 2.75) is 45.6 Å². The van der Waals surface area contributed by atoms with Crippen molar-refractivity contribution >= 4 is 0 Å². The molecule has 2 nitrogen and oxygen atoms in total. The standard InChI is InChI=1S/C11H21N2.ClH/c1-3-4-5-6-7-8-13-10-9-12(2)11-13;/h9-11H,3-8H2,1-2H3;1H/q+1;/p-1. The molecule has 0 radical (unpaired) electrons. The third-order valence-electron chi connectivity index (χ3n) is 2.34. The largest absolute Gasteiger partial charge is 1.00 e. The molecule has 0 atom stereocenters. The Morgan fingerprint density at radius 2 is 1.86 bits per heavy atom. The number of rotatable bonds is 6. The topological polar surface area (TPSA) is 8.81 Å². The van der Waals surface area contributed by atoms with Crippen molar-refractivity contribution in [3.63, 3.8) is 0 Å². The molecule has 1 rings (SSSR count). The van der Waals surface area contributed by atoms with E-state index in [1.807, 2.05) is 0 Å². The monoisotopic (exact) mass is 216 g/mol. The molecule has 0 aliphatic rings. The lowest BCUT2D eigenvalue weighted by Gasteiger charge is -1.97. The molecule has 0 saturated heterocycles. The summed E-state index contributed by atoms with van der Waals surface area (Å²) in [5, 5.41) is 0. The molecule has 0 amide bonds. The number of halogens is 1. The first kappa shape index (κ1) is 13.5. The molecule has 82 valence electrons. The molecule has 1 aromatic rings. The summed E-state index contributed by atoms with van der Waals surface area (Å²) in [5.41, 5.74) is 0. The van der Waals surface area contributed by atoms with Crippen LogP contribution in [0.25, 0.3) is 0 Å². The van der Waals surface area contributed by atoms with Gasteiger partial charge in [-0.25, -0.2) is 9.13 Å². The predicted molar refractivity (Wildman–Crippen MR) is 54.4 cm³/mol. The summed E-state index contributed by atoms with van der Waals surface area (Å²) in [6, 6.07) is 0. The van der Waals surface area contributed by atoms with Gasteiger partial charge in [-0.05, 0) is 12.8 Å². The minimum atomic E-state index is 0. The van der Waals surface area contributed by atoms with Gasteiger partial charge in [-0.15, -0.1) is 0 Å². The number of imidazole rings is 1. The van der Waals surface area contributed by atoms with Crippen LogP contribution >= 0.6 is 0 Å². The van der Waals surface area contributed by atoms with Gasteiger partial charge in [0.2, 0.25) is 6.33 Å². The fourth-order valence-electron chi connectivity index (χ4n) is 1.53. The third-order valence-corrected chi connectivity index (χ3v) is 2.34. The van der Waals surface area contributed by atoms with E-state index in [0.717, 1.165) is 0 Å². The molecule has 0 bridgehead atoms. The number of aryl methyl sites for hydroxylation is 2. The highest BCUT2D eigenvalue weighted by Gasteiger charge is 1.98. The van der Waals surface area contributed by atoms with Crippen LogP contribution in [0.4, 0.5) is 0 Å². The average Bonchev–Trinajstić information content (AvgIpc) is 2.51. The van der Waals surface area contributed by atoms with Gasteiger partial charge in [0.05, 0.1) is 13.6 Å². The van der Waals surface area contributed by atoms with E-state index in [4.69, 9.17) is 0 Å². The highest BCUT2D eigenvalue weighted by atomic mass is 35.5. The Balaban J connectivity index is 0.00000169. The van der Waals surface area contributed by atoms with E-state index in [9.17, 15) is 0 Å². The Labute approximate surface area is 93.4 Å². The highest BCUT2D eigenvalue weighted by Crippen LogP contribution is 2.01. The van der Waals surface area contributed by atoms with E-state index in [2.05, 4.69) is 41.8 Å². The predicted octanol–water partition coefficient (Wildman–Crippen LogP) is -0.713. The Morgan fingerprint density at radius 1 is 1.14 bits per heavy atom. The van der Waals surface area contributed by atoms with Gasteiger partial charge in [-0.3, -0.25) is 0 Å². The maximum absolute atomic E-state index is 2.26. The van der Waals surface area contributed by atoms with Crippen LogP contribution in [-0.4, -0.2) is 4.57 Å². The van der Waals surface area contributed by atoms with Crippen LogP contribution in [0.5, 0.6) is 0 Å². The highest BCUT2D eigenvalue weighted by molar-refractivity contribution is 4.61. The van der Waals surface area contributed by atoms with Gasteiger partial charge in [0.15, 0.2) is 0 Å². The van der Waals surface area contributed by atoms with Crippen molar-refractivity contribution in [2.75, 3.05) is 0 Å². The summed E-state index contributed by atoms with van der Waals surface area (Å²) in [6.07, 6.45) is 13.2. The van der Waals surface area contributed by atoms with Gasteiger partial charge < -0.3 is 12.4 Å². The molecule has 0 fully saturated rings. The molecule has 14 heavy (non-hydrogen) atoms. The van der Waals surface area contributed by atoms with Gasteiger partial charge in [0.25, 0.3) is 0 Å². The Hall–Kier alpha value is -0.500. The lowest BCUT2D eigenvalue weighted by molar-refractivity contribution is -0.696. The van der Waals surface area contributed by atoms with E-state index in [-0.39, 0.29) is 12.4 Å². The zero-order chi connectivity index (χ0) is 9.52. The van der Waals surface area contributed by atoms with Crippen molar-refractivity contribution in [1.82, 2.24) is 4.57 Å². The SMILES string of the molecule is CCCCCCC[n+]1ccn(C)c1.[Cl-].